The van der Waals surface area contributed by atoms with Crippen LogP contribution < -0.4 is 0 Å². The van der Waals surface area contributed by atoms with Crippen LogP contribution in [-0.2, 0) is 14.4 Å². The Labute approximate surface area is 206 Å². The van der Waals surface area contributed by atoms with Crippen molar-refractivity contribution in [1.29, 1.82) is 0 Å². The van der Waals surface area contributed by atoms with E-state index < -0.39 is 5.60 Å². The van der Waals surface area contributed by atoms with Crippen LogP contribution in [0.1, 0.15) is 113 Å². The number of Topliss-reactive ketones (excluding diaryl/α,β-unsaturated/α-hetero) is 3. The van der Waals surface area contributed by atoms with Gasteiger partial charge >= 0.3 is 0 Å². The number of aliphatic hydroxyl groups is 1. The molecule has 4 aliphatic carbocycles. The third-order valence-electron chi connectivity index (χ3n) is 11.2. The third kappa shape index (κ3) is 3.61. The number of hydrogen-bond acceptors (Lipinski definition) is 4. The van der Waals surface area contributed by atoms with Crippen LogP contribution in [0, 0.1) is 39.4 Å². The molecule has 4 heteroatoms. The molecule has 0 heterocycles. The summed E-state index contributed by atoms with van der Waals surface area (Å²) >= 11 is 0. The van der Waals surface area contributed by atoms with E-state index in [9.17, 15) is 19.5 Å². The van der Waals surface area contributed by atoms with Crippen molar-refractivity contribution in [3.05, 3.63) is 11.1 Å². The lowest BCUT2D eigenvalue weighted by Crippen LogP contribution is -2.62. The van der Waals surface area contributed by atoms with Gasteiger partial charge in [0, 0.05) is 36.5 Å². The third-order valence-corrected chi connectivity index (χ3v) is 11.2. The quantitative estimate of drug-likeness (QED) is 0.516. The number of hydrogen-bond donors (Lipinski definition) is 1. The van der Waals surface area contributed by atoms with Gasteiger partial charge in [-0.3, -0.25) is 14.4 Å². The van der Waals surface area contributed by atoms with Crippen molar-refractivity contribution < 1.29 is 19.5 Å². The summed E-state index contributed by atoms with van der Waals surface area (Å²) in [6.45, 7) is 16.9. The first-order valence-corrected chi connectivity index (χ1v) is 13.5. The standard InChI is InChI=1S/C30H46O4/c1-18(15-19(31)16-26(2,3)34)25-20-9-10-23-28(6)13-12-24(33)27(4,5)22(28)11-14-29(23,7)30(20,8)17-21(25)32/h18,22-23,34H,9-17H2,1-8H3/t18-,22?,23+,28+,29+,30+/m1/s1. The Morgan fingerprint density at radius 1 is 1.03 bits per heavy atom. The molecule has 0 saturated heterocycles. The topological polar surface area (TPSA) is 71.4 Å². The van der Waals surface area contributed by atoms with Crippen LogP contribution in [-0.4, -0.2) is 28.1 Å². The van der Waals surface area contributed by atoms with Crippen molar-refractivity contribution in [2.75, 3.05) is 0 Å². The lowest BCUT2D eigenvalue weighted by Gasteiger charge is -2.67. The molecule has 3 fully saturated rings. The van der Waals surface area contributed by atoms with E-state index in [0.29, 0.717) is 36.9 Å². The van der Waals surface area contributed by atoms with Gasteiger partial charge in [-0.25, -0.2) is 0 Å². The Kier molecular flexibility index (Phi) is 5.96. The minimum atomic E-state index is -1.02. The fourth-order valence-corrected chi connectivity index (χ4v) is 9.47. The summed E-state index contributed by atoms with van der Waals surface area (Å²) in [6.07, 6.45) is 6.75. The Morgan fingerprint density at radius 3 is 2.29 bits per heavy atom. The number of rotatable bonds is 5. The molecule has 4 aliphatic rings. The molecule has 34 heavy (non-hydrogen) atoms. The number of carbonyl (C=O) groups is 3. The Balaban J connectivity index is 1.68. The van der Waals surface area contributed by atoms with Gasteiger partial charge in [0.1, 0.15) is 11.6 Å². The molecule has 0 aromatic heterocycles. The predicted octanol–water partition coefficient (Wildman–Crippen LogP) is 6.24. The van der Waals surface area contributed by atoms with Crippen LogP contribution in [0.25, 0.3) is 0 Å². The molecule has 0 bridgehead atoms. The lowest BCUT2D eigenvalue weighted by molar-refractivity contribution is -0.180. The second kappa shape index (κ2) is 7.85. The molecule has 4 rings (SSSR count). The summed E-state index contributed by atoms with van der Waals surface area (Å²) in [5.41, 5.74) is 0.922. The zero-order valence-corrected chi connectivity index (χ0v) is 22.8. The van der Waals surface area contributed by atoms with Gasteiger partial charge in [-0.05, 0) is 80.1 Å². The second-order valence-electron chi connectivity index (χ2n) is 14.2. The van der Waals surface area contributed by atoms with Gasteiger partial charge in [-0.1, -0.05) is 47.1 Å². The van der Waals surface area contributed by atoms with Gasteiger partial charge in [-0.2, -0.15) is 0 Å². The molecule has 0 spiro atoms. The van der Waals surface area contributed by atoms with Crippen molar-refractivity contribution in [3.63, 3.8) is 0 Å². The maximum atomic E-state index is 13.5. The van der Waals surface area contributed by atoms with Crippen LogP contribution in [0.3, 0.4) is 0 Å². The zero-order chi connectivity index (χ0) is 25.5. The van der Waals surface area contributed by atoms with E-state index in [0.717, 1.165) is 37.7 Å². The summed E-state index contributed by atoms with van der Waals surface area (Å²) in [5.74, 6) is 1.48. The van der Waals surface area contributed by atoms with Crippen LogP contribution in [0.15, 0.2) is 11.1 Å². The van der Waals surface area contributed by atoms with Crippen molar-refractivity contribution in [2.24, 2.45) is 39.4 Å². The molecule has 190 valence electrons. The molecule has 6 atom stereocenters. The molecular formula is C30H46O4. The van der Waals surface area contributed by atoms with Gasteiger partial charge in [0.05, 0.1) is 5.60 Å². The molecule has 1 unspecified atom stereocenters. The second-order valence-corrected chi connectivity index (χ2v) is 14.2. The maximum absolute atomic E-state index is 13.5. The van der Waals surface area contributed by atoms with E-state index in [1.165, 1.54) is 5.57 Å². The highest BCUT2D eigenvalue weighted by Gasteiger charge is 2.67. The maximum Gasteiger partial charge on any atom is 0.160 e. The van der Waals surface area contributed by atoms with E-state index in [1.54, 1.807) is 13.8 Å². The number of fused-ring (bicyclic) bond motifs is 5. The predicted molar refractivity (Wildman–Crippen MR) is 134 cm³/mol. The lowest BCUT2D eigenvalue weighted by atomic mass is 9.36. The highest BCUT2D eigenvalue weighted by molar-refractivity contribution is 6.01. The molecule has 0 radical (unpaired) electrons. The highest BCUT2D eigenvalue weighted by Crippen LogP contribution is 2.73. The SMILES string of the molecule is C[C@H](CC(=O)CC(C)(C)O)C1=C2CC[C@H]3[C@@]4(C)CCC(=O)C(C)(C)C4CC[C@]3(C)[C@@]2(C)CC1=O. The average molecular weight is 471 g/mol. The van der Waals surface area contributed by atoms with Gasteiger partial charge < -0.3 is 5.11 Å². The fourth-order valence-electron chi connectivity index (χ4n) is 9.47. The van der Waals surface area contributed by atoms with Gasteiger partial charge in [-0.15, -0.1) is 0 Å². The molecular weight excluding hydrogens is 424 g/mol. The molecule has 3 saturated carbocycles. The van der Waals surface area contributed by atoms with Gasteiger partial charge in [0.2, 0.25) is 0 Å². The van der Waals surface area contributed by atoms with E-state index in [-0.39, 0.29) is 45.6 Å². The summed E-state index contributed by atoms with van der Waals surface area (Å²) in [7, 11) is 0. The largest absolute Gasteiger partial charge is 0.390 e. The molecule has 0 amide bonds. The zero-order valence-electron chi connectivity index (χ0n) is 22.8. The average Bonchev–Trinajstić information content (AvgIpc) is 2.94. The van der Waals surface area contributed by atoms with E-state index in [2.05, 4.69) is 34.6 Å². The Hall–Kier alpha value is -1.29. The first-order valence-electron chi connectivity index (χ1n) is 13.5. The number of allylic oxidation sites excluding steroid dienone is 2. The monoisotopic (exact) mass is 470 g/mol. The molecule has 1 N–H and O–H groups in total. The first kappa shape index (κ1) is 25.8. The number of carbonyl (C=O) groups excluding carboxylic acids is 3. The summed E-state index contributed by atoms with van der Waals surface area (Å²) in [6, 6.07) is 0. The molecule has 0 aromatic rings. The van der Waals surface area contributed by atoms with Crippen LogP contribution >= 0.6 is 0 Å². The van der Waals surface area contributed by atoms with Crippen LogP contribution in [0.4, 0.5) is 0 Å². The summed E-state index contributed by atoms with van der Waals surface area (Å²) in [4.78, 5) is 39.0. The van der Waals surface area contributed by atoms with Crippen molar-refractivity contribution in [1.82, 2.24) is 0 Å². The normalized spacial score (nSPS) is 40.5. The van der Waals surface area contributed by atoms with Crippen LogP contribution in [0.2, 0.25) is 0 Å². The van der Waals surface area contributed by atoms with Crippen molar-refractivity contribution in [3.8, 4) is 0 Å². The smallest absolute Gasteiger partial charge is 0.160 e. The molecule has 0 aromatic carbocycles. The van der Waals surface area contributed by atoms with E-state index in [1.807, 2.05) is 6.92 Å². The Bertz CT molecular complexity index is 949. The van der Waals surface area contributed by atoms with Crippen molar-refractivity contribution in [2.45, 2.75) is 119 Å². The molecule has 0 aliphatic heterocycles. The summed E-state index contributed by atoms with van der Waals surface area (Å²) < 4.78 is 0. The number of ketones is 3. The highest BCUT2D eigenvalue weighted by atomic mass is 16.3. The van der Waals surface area contributed by atoms with Gasteiger partial charge in [0.15, 0.2) is 5.78 Å². The van der Waals surface area contributed by atoms with E-state index in [4.69, 9.17) is 0 Å². The first-order chi connectivity index (χ1) is 15.5. The Morgan fingerprint density at radius 2 is 1.68 bits per heavy atom. The minimum Gasteiger partial charge on any atom is -0.390 e. The van der Waals surface area contributed by atoms with Gasteiger partial charge in [0.25, 0.3) is 0 Å². The fraction of sp³-hybridized carbons (Fsp3) is 0.833. The molecule has 4 nitrogen and oxygen atoms in total. The van der Waals surface area contributed by atoms with Crippen molar-refractivity contribution >= 4 is 17.3 Å². The summed E-state index contributed by atoms with van der Waals surface area (Å²) in [5, 5.41) is 10.1. The van der Waals surface area contributed by atoms with E-state index >= 15 is 0 Å². The van der Waals surface area contributed by atoms with Crippen LogP contribution in [0.5, 0.6) is 0 Å². The minimum absolute atomic E-state index is 0.0243.